The molecule has 3 aromatic rings. The van der Waals surface area contributed by atoms with Crippen molar-refractivity contribution in [3.63, 3.8) is 0 Å². The zero-order valence-corrected chi connectivity index (χ0v) is 19.6. The van der Waals surface area contributed by atoms with Crippen LogP contribution in [0.3, 0.4) is 0 Å². The van der Waals surface area contributed by atoms with Crippen molar-refractivity contribution < 1.29 is 31.1 Å². The van der Waals surface area contributed by atoms with E-state index in [0.717, 1.165) is 39.8 Å². The molecule has 0 fully saturated rings. The summed E-state index contributed by atoms with van der Waals surface area (Å²) in [5.41, 5.74) is 8.69. The molecule has 0 amide bonds. The monoisotopic (exact) mass is 515 g/mol. The fourth-order valence-corrected chi connectivity index (χ4v) is 5.47. The Morgan fingerprint density at radius 3 is 2.46 bits per heavy atom. The predicted molar refractivity (Wildman–Crippen MR) is 129 cm³/mol. The van der Waals surface area contributed by atoms with Crippen molar-refractivity contribution in [3.8, 4) is 0 Å². The fraction of sp³-hybridized carbons (Fsp3) is 0.276. The first-order chi connectivity index (χ1) is 17.5. The maximum absolute atomic E-state index is 14.0. The van der Waals surface area contributed by atoms with E-state index in [1.807, 2.05) is 18.2 Å². The Morgan fingerprint density at radius 1 is 0.973 bits per heavy atom. The Hall–Kier alpha value is -3.39. The highest BCUT2D eigenvalue weighted by Gasteiger charge is 2.33. The molecule has 0 bridgehead atoms. The van der Waals surface area contributed by atoms with Crippen LogP contribution in [-0.2, 0) is 23.8 Å². The summed E-state index contributed by atoms with van der Waals surface area (Å²) in [4.78, 5) is 13.2. The third kappa shape index (κ3) is 4.82. The topological polar surface area (TPSA) is 43.1 Å². The zero-order chi connectivity index (χ0) is 26.5. The summed E-state index contributed by atoms with van der Waals surface area (Å²) in [5.74, 6) is -3.99. The van der Waals surface area contributed by atoms with Gasteiger partial charge in [-0.05, 0) is 76.9 Å². The van der Waals surface area contributed by atoms with Gasteiger partial charge in [0.25, 0.3) is 0 Å². The maximum atomic E-state index is 14.0. The number of fused-ring (bicyclic) bond motifs is 4. The molecular weight excluding hydrogens is 492 g/mol. The lowest BCUT2D eigenvalue weighted by molar-refractivity contribution is -0.137. The molecule has 0 aromatic heterocycles. The standard InChI is InChI=1S/C29H23F6NO/c30-25-14-27(32)26(31)11-16(25)10-18(36)13-28(37)23-3-1-2-19-20-7-5-15-4-6-17(29(33,34)35)12-24(15)22(20)9-8-21(19)23/h1-2,4-7,11-12,14,18,23H,3,8-10,13,36H2/t18-,23?/m1/s1. The number of aryl methyl sites for hydroxylation is 1. The van der Waals surface area contributed by atoms with E-state index in [1.54, 1.807) is 6.07 Å². The van der Waals surface area contributed by atoms with Gasteiger partial charge in [0.2, 0.25) is 0 Å². The van der Waals surface area contributed by atoms with Gasteiger partial charge in [-0.15, -0.1) is 0 Å². The molecule has 2 aliphatic rings. The summed E-state index contributed by atoms with van der Waals surface area (Å²) in [5, 5.41) is 1.27. The van der Waals surface area contributed by atoms with Crippen LogP contribution in [-0.4, -0.2) is 11.8 Å². The van der Waals surface area contributed by atoms with Gasteiger partial charge in [0.15, 0.2) is 11.6 Å². The number of nitrogens with two attached hydrogens (primary N) is 1. The van der Waals surface area contributed by atoms with Gasteiger partial charge in [-0.25, -0.2) is 13.2 Å². The number of hydrogen-bond donors (Lipinski definition) is 1. The largest absolute Gasteiger partial charge is 0.416 e. The highest BCUT2D eigenvalue weighted by atomic mass is 19.4. The average Bonchev–Trinajstić information content (AvgIpc) is 2.85. The van der Waals surface area contributed by atoms with E-state index in [0.29, 0.717) is 30.7 Å². The molecule has 2 atom stereocenters. The van der Waals surface area contributed by atoms with Crippen LogP contribution < -0.4 is 5.73 Å². The molecule has 0 heterocycles. The number of benzene rings is 3. The zero-order valence-electron chi connectivity index (χ0n) is 19.6. The normalized spacial score (nSPS) is 18.1. The van der Waals surface area contributed by atoms with Crippen molar-refractivity contribution in [2.75, 3.05) is 0 Å². The van der Waals surface area contributed by atoms with Gasteiger partial charge in [0.1, 0.15) is 11.6 Å². The lowest BCUT2D eigenvalue weighted by Crippen LogP contribution is -2.31. The van der Waals surface area contributed by atoms with Gasteiger partial charge in [0.05, 0.1) is 5.56 Å². The number of rotatable bonds is 5. The van der Waals surface area contributed by atoms with Gasteiger partial charge in [-0.3, -0.25) is 4.79 Å². The van der Waals surface area contributed by atoms with Gasteiger partial charge in [0, 0.05) is 24.4 Å². The van der Waals surface area contributed by atoms with E-state index < -0.39 is 41.2 Å². The van der Waals surface area contributed by atoms with Crippen LogP contribution in [0.1, 0.15) is 41.5 Å². The summed E-state index contributed by atoms with van der Waals surface area (Å²) in [7, 11) is 0. The van der Waals surface area contributed by atoms with Crippen molar-refractivity contribution in [2.45, 2.75) is 44.3 Å². The number of allylic oxidation sites excluding steroid dienone is 4. The first-order valence-electron chi connectivity index (χ1n) is 12.0. The first-order valence-corrected chi connectivity index (χ1v) is 12.0. The van der Waals surface area contributed by atoms with E-state index in [9.17, 15) is 31.1 Å². The summed E-state index contributed by atoms with van der Waals surface area (Å²) in [6, 6.07) is 7.84. The van der Waals surface area contributed by atoms with Crippen molar-refractivity contribution in [3.05, 3.63) is 99.9 Å². The van der Waals surface area contributed by atoms with Gasteiger partial charge in [-0.1, -0.05) is 35.9 Å². The summed E-state index contributed by atoms with van der Waals surface area (Å²) < 4.78 is 80.8. The van der Waals surface area contributed by atoms with E-state index in [4.69, 9.17) is 5.73 Å². The minimum Gasteiger partial charge on any atom is -0.327 e. The Bertz CT molecular complexity index is 1470. The van der Waals surface area contributed by atoms with Gasteiger partial charge < -0.3 is 5.73 Å². The van der Waals surface area contributed by atoms with Crippen LogP contribution in [0.4, 0.5) is 26.3 Å². The molecule has 2 nitrogen and oxygen atoms in total. The molecular formula is C29H23F6NO. The minimum absolute atomic E-state index is 0.0761. The Balaban J connectivity index is 1.41. The molecule has 8 heteroatoms. The summed E-state index contributed by atoms with van der Waals surface area (Å²) >= 11 is 0. The molecule has 1 unspecified atom stereocenters. The number of alkyl halides is 3. The quantitative estimate of drug-likeness (QED) is 0.292. The van der Waals surface area contributed by atoms with Crippen molar-refractivity contribution >= 4 is 22.1 Å². The second kappa shape index (κ2) is 9.49. The molecule has 5 rings (SSSR count). The third-order valence-electron chi connectivity index (χ3n) is 7.24. The molecule has 3 aromatic carbocycles. The third-order valence-corrected chi connectivity index (χ3v) is 7.24. The lowest BCUT2D eigenvalue weighted by Gasteiger charge is -2.31. The van der Waals surface area contributed by atoms with Crippen LogP contribution in [0.25, 0.3) is 16.3 Å². The number of carbonyl (C=O) groups is 1. The minimum atomic E-state index is -4.44. The molecule has 0 radical (unpaired) electrons. The predicted octanol–water partition coefficient (Wildman–Crippen LogP) is 7.08. The van der Waals surface area contributed by atoms with Crippen LogP contribution in [0.2, 0.25) is 0 Å². The molecule has 0 spiro atoms. The molecule has 0 aliphatic heterocycles. The summed E-state index contributed by atoms with van der Waals surface area (Å²) in [6.07, 6.45) is 0.611. The van der Waals surface area contributed by atoms with Crippen molar-refractivity contribution in [1.82, 2.24) is 0 Å². The van der Waals surface area contributed by atoms with Crippen molar-refractivity contribution in [2.24, 2.45) is 11.7 Å². The number of halogens is 6. The number of hydrogen-bond acceptors (Lipinski definition) is 2. The van der Waals surface area contributed by atoms with Crippen LogP contribution >= 0.6 is 0 Å². The smallest absolute Gasteiger partial charge is 0.327 e. The molecule has 37 heavy (non-hydrogen) atoms. The number of carbonyl (C=O) groups excluding carboxylic acids is 1. The average molecular weight is 515 g/mol. The van der Waals surface area contributed by atoms with E-state index >= 15 is 0 Å². The molecule has 192 valence electrons. The second-order valence-corrected chi connectivity index (χ2v) is 9.65. The van der Waals surface area contributed by atoms with E-state index in [1.165, 1.54) is 12.1 Å². The molecule has 0 saturated heterocycles. The first kappa shape index (κ1) is 25.3. The van der Waals surface area contributed by atoms with E-state index in [2.05, 4.69) is 0 Å². The fourth-order valence-electron chi connectivity index (χ4n) is 5.47. The van der Waals surface area contributed by atoms with Gasteiger partial charge in [-0.2, -0.15) is 13.2 Å². The Morgan fingerprint density at radius 2 is 1.70 bits per heavy atom. The number of Topliss-reactive ketones (excluding diaryl/α,β-unsaturated/α-hetero) is 1. The van der Waals surface area contributed by atoms with E-state index in [-0.39, 0.29) is 24.2 Å². The lowest BCUT2D eigenvalue weighted by atomic mass is 9.73. The number of ketones is 1. The maximum Gasteiger partial charge on any atom is 0.416 e. The molecule has 2 aliphatic carbocycles. The highest BCUT2D eigenvalue weighted by molar-refractivity contribution is 5.97. The Kier molecular flexibility index (Phi) is 6.48. The summed E-state index contributed by atoms with van der Waals surface area (Å²) in [6.45, 7) is 0. The Labute approximate surface area is 209 Å². The van der Waals surface area contributed by atoms with Crippen molar-refractivity contribution in [1.29, 1.82) is 0 Å². The van der Waals surface area contributed by atoms with Crippen LogP contribution in [0.5, 0.6) is 0 Å². The molecule has 0 saturated carbocycles. The highest BCUT2D eigenvalue weighted by Crippen LogP contribution is 2.43. The van der Waals surface area contributed by atoms with Crippen LogP contribution in [0.15, 0.2) is 60.2 Å². The second-order valence-electron chi connectivity index (χ2n) is 9.65. The molecule has 2 N–H and O–H groups in total. The van der Waals surface area contributed by atoms with Gasteiger partial charge >= 0.3 is 6.18 Å². The van der Waals surface area contributed by atoms with Crippen LogP contribution in [0, 0.1) is 23.4 Å². The SMILES string of the molecule is N[C@@H](CC(=O)C1CC=CC2=C1CCc1c2ccc2ccc(C(F)(F)F)cc12)Cc1cc(F)c(F)cc1F.